The Balaban J connectivity index is 2.16. The van der Waals surface area contributed by atoms with Gasteiger partial charge in [-0.3, -0.25) is 0 Å². The number of nitrogens with zero attached hydrogens (tertiary/aromatic N) is 2. The van der Waals surface area contributed by atoms with Crippen LogP contribution in [0.25, 0.3) is 0 Å². The molecule has 1 fully saturated rings. The van der Waals surface area contributed by atoms with Gasteiger partial charge in [0.25, 0.3) is 0 Å². The second-order valence-electron chi connectivity index (χ2n) is 3.54. The summed E-state index contributed by atoms with van der Waals surface area (Å²) in [5.74, 6) is -0.543. The quantitative estimate of drug-likeness (QED) is 0.485. The number of rotatable bonds is 5. The molecular formula is C10H13N3O3S. The highest BCUT2D eigenvalue weighted by atomic mass is 32.1. The lowest BCUT2D eigenvalue weighted by molar-refractivity contribution is -0.135. The molecule has 1 saturated carbocycles. The second kappa shape index (κ2) is 5.13. The first-order valence-electron chi connectivity index (χ1n) is 5.33. The first-order chi connectivity index (χ1) is 8.20. The van der Waals surface area contributed by atoms with Crippen LogP contribution in [0.2, 0.25) is 0 Å². The topological polar surface area (TPSA) is 86.8 Å². The normalized spacial score (nSPS) is 15.7. The second-order valence-corrected chi connectivity index (χ2v) is 4.43. The molecule has 1 aromatic rings. The van der Waals surface area contributed by atoms with Crippen LogP contribution in [-0.4, -0.2) is 29.4 Å². The van der Waals surface area contributed by atoms with Crippen LogP contribution in [0.1, 0.15) is 25.5 Å². The zero-order valence-corrected chi connectivity index (χ0v) is 10.2. The van der Waals surface area contributed by atoms with Gasteiger partial charge >= 0.3 is 5.97 Å². The van der Waals surface area contributed by atoms with Crippen molar-refractivity contribution in [2.45, 2.75) is 25.9 Å². The van der Waals surface area contributed by atoms with E-state index in [0.717, 1.165) is 12.8 Å². The van der Waals surface area contributed by atoms with Gasteiger partial charge in [-0.05, 0) is 19.8 Å². The predicted molar refractivity (Wildman–Crippen MR) is 63.8 cm³/mol. The number of carbonyl (C=O) groups is 1. The van der Waals surface area contributed by atoms with E-state index in [9.17, 15) is 4.79 Å². The summed E-state index contributed by atoms with van der Waals surface area (Å²) >= 11 is 1.24. The number of oxime groups is 1. The molecule has 2 N–H and O–H groups in total. The van der Waals surface area contributed by atoms with Gasteiger partial charge in [0.15, 0.2) is 5.13 Å². The molecule has 0 radical (unpaired) electrons. The van der Waals surface area contributed by atoms with Gasteiger partial charge in [0.1, 0.15) is 11.8 Å². The molecule has 0 amide bonds. The molecule has 0 atom stereocenters. The fraction of sp³-hybridized carbons (Fsp3) is 0.500. The lowest BCUT2D eigenvalue weighted by atomic mass is 10.3. The smallest absolute Gasteiger partial charge is 0.362 e. The maximum absolute atomic E-state index is 11.7. The summed E-state index contributed by atoms with van der Waals surface area (Å²) in [5.41, 5.74) is 5.99. The maximum atomic E-state index is 11.7. The van der Waals surface area contributed by atoms with Gasteiger partial charge in [0.05, 0.1) is 6.61 Å². The van der Waals surface area contributed by atoms with Crippen molar-refractivity contribution < 1.29 is 14.4 Å². The zero-order valence-electron chi connectivity index (χ0n) is 9.38. The third-order valence-corrected chi connectivity index (χ3v) is 2.72. The first kappa shape index (κ1) is 11.8. The number of hydrogen-bond donors (Lipinski definition) is 1. The van der Waals surface area contributed by atoms with E-state index in [-0.39, 0.29) is 18.4 Å². The molecule has 17 heavy (non-hydrogen) atoms. The largest absolute Gasteiger partial charge is 0.461 e. The molecule has 0 aromatic carbocycles. The molecule has 7 heteroatoms. The summed E-state index contributed by atoms with van der Waals surface area (Å²) in [6.07, 6.45) is 2.06. The van der Waals surface area contributed by atoms with Gasteiger partial charge in [-0.15, -0.1) is 11.3 Å². The summed E-state index contributed by atoms with van der Waals surface area (Å²) in [5, 5.41) is 5.85. The number of thiazole rings is 1. The Morgan fingerprint density at radius 1 is 1.71 bits per heavy atom. The summed E-state index contributed by atoms with van der Waals surface area (Å²) in [6, 6.07) is 0. The van der Waals surface area contributed by atoms with Crippen molar-refractivity contribution in [2.75, 3.05) is 12.3 Å². The minimum atomic E-state index is -0.543. The number of ether oxygens (including phenoxy) is 1. The Morgan fingerprint density at radius 3 is 3.00 bits per heavy atom. The molecule has 0 unspecified atom stereocenters. The van der Waals surface area contributed by atoms with Gasteiger partial charge < -0.3 is 15.3 Å². The standard InChI is InChI=1S/C10H13N3O3S/c1-2-15-9(14)8(13-16-6-3-4-6)7-5-17-10(11)12-7/h5-6H,2-4H2,1H3,(H2,11,12)/b13-8+. The Labute approximate surface area is 102 Å². The van der Waals surface area contributed by atoms with Gasteiger partial charge in [0, 0.05) is 5.38 Å². The number of hydrogen-bond acceptors (Lipinski definition) is 7. The van der Waals surface area contributed by atoms with Crippen LogP contribution in [0.5, 0.6) is 0 Å². The highest BCUT2D eigenvalue weighted by Crippen LogP contribution is 2.24. The van der Waals surface area contributed by atoms with E-state index < -0.39 is 5.97 Å². The van der Waals surface area contributed by atoms with Crippen LogP contribution in [0, 0.1) is 0 Å². The fourth-order valence-electron chi connectivity index (χ4n) is 1.09. The summed E-state index contributed by atoms with van der Waals surface area (Å²) in [7, 11) is 0. The average molecular weight is 255 g/mol. The maximum Gasteiger partial charge on any atom is 0.362 e. The fourth-order valence-corrected chi connectivity index (χ4v) is 1.63. The van der Waals surface area contributed by atoms with Crippen LogP contribution < -0.4 is 5.73 Å². The molecule has 1 heterocycles. The third kappa shape index (κ3) is 3.16. The molecule has 92 valence electrons. The lowest BCUT2D eigenvalue weighted by Gasteiger charge is -2.03. The predicted octanol–water partition coefficient (Wildman–Crippen LogP) is 1.17. The van der Waals surface area contributed by atoms with E-state index >= 15 is 0 Å². The van der Waals surface area contributed by atoms with E-state index in [1.807, 2.05) is 0 Å². The molecule has 1 aliphatic rings. The first-order valence-corrected chi connectivity index (χ1v) is 6.21. The van der Waals surface area contributed by atoms with Gasteiger partial charge in [-0.25, -0.2) is 9.78 Å². The third-order valence-electron chi connectivity index (χ3n) is 2.05. The van der Waals surface area contributed by atoms with Crippen molar-refractivity contribution >= 4 is 28.1 Å². The minimum absolute atomic E-state index is 0.0756. The SMILES string of the molecule is CCOC(=O)/C(=N/OC1CC1)c1csc(N)n1. The Morgan fingerprint density at radius 2 is 2.47 bits per heavy atom. The molecule has 2 rings (SSSR count). The number of esters is 1. The molecule has 0 bridgehead atoms. The summed E-state index contributed by atoms with van der Waals surface area (Å²) in [6.45, 7) is 2.01. The minimum Gasteiger partial charge on any atom is -0.461 e. The molecule has 1 aromatic heterocycles. The van der Waals surface area contributed by atoms with Crippen LogP contribution in [0.4, 0.5) is 5.13 Å². The number of nitrogens with two attached hydrogens (primary N) is 1. The average Bonchev–Trinajstić information content (AvgIpc) is 3.02. The summed E-state index contributed by atoms with van der Waals surface area (Å²) in [4.78, 5) is 20.8. The van der Waals surface area contributed by atoms with Crippen LogP contribution in [0.15, 0.2) is 10.5 Å². The van der Waals surface area contributed by atoms with E-state index in [4.69, 9.17) is 15.3 Å². The molecule has 0 saturated heterocycles. The van der Waals surface area contributed by atoms with E-state index in [1.165, 1.54) is 11.3 Å². The van der Waals surface area contributed by atoms with E-state index in [1.54, 1.807) is 12.3 Å². The van der Waals surface area contributed by atoms with Crippen molar-refractivity contribution in [1.29, 1.82) is 0 Å². The van der Waals surface area contributed by atoms with E-state index in [2.05, 4.69) is 10.1 Å². The van der Waals surface area contributed by atoms with Gasteiger partial charge in [0.2, 0.25) is 5.71 Å². The molecule has 6 nitrogen and oxygen atoms in total. The van der Waals surface area contributed by atoms with Crippen molar-refractivity contribution in [3.05, 3.63) is 11.1 Å². The molecule has 1 aliphatic carbocycles. The number of aromatic nitrogens is 1. The molecular weight excluding hydrogens is 242 g/mol. The number of carbonyl (C=O) groups excluding carboxylic acids is 1. The number of anilines is 1. The van der Waals surface area contributed by atoms with Crippen LogP contribution in [-0.2, 0) is 14.4 Å². The van der Waals surface area contributed by atoms with Gasteiger partial charge in [-0.2, -0.15) is 0 Å². The molecule has 0 aliphatic heterocycles. The van der Waals surface area contributed by atoms with E-state index in [0.29, 0.717) is 10.8 Å². The Kier molecular flexibility index (Phi) is 3.58. The zero-order chi connectivity index (χ0) is 12.3. The van der Waals surface area contributed by atoms with Crippen molar-refractivity contribution in [3.63, 3.8) is 0 Å². The summed E-state index contributed by atoms with van der Waals surface area (Å²) < 4.78 is 4.89. The van der Waals surface area contributed by atoms with Crippen molar-refractivity contribution in [2.24, 2.45) is 5.16 Å². The van der Waals surface area contributed by atoms with Crippen molar-refractivity contribution in [3.8, 4) is 0 Å². The lowest BCUT2D eigenvalue weighted by Crippen LogP contribution is -2.20. The highest BCUT2D eigenvalue weighted by Gasteiger charge is 2.26. The number of nitrogen functional groups attached to an aromatic ring is 1. The monoisotopic (exact) mass is 255 g/mol. The molecule has 0 spiro atoms. The Hall–Kier alpha value is -1.63. The van der Waals surface area contributed by atoms with Crippen molar-refractivity contribution in [1.82, 2.24) is 4.98 Å². The van der Waals surface area contributed by atoms with Crippen LogP contribution >= 0.6 is 11.3 Å². The van der Waals surface area contributed by atoms with Gasteiger partial charge in [-0.1, -0.05) is 5.16 Å². The Bertz CT molecular complexity index is 440. The van der Waals surface area contributed by atoms with Crippen LogP contribution in [0.3, 0.4) is 0 Å². The highest BCUT2D eigenvalue weighted by molar-refractivity contribution is 7.13.